The monoisotopic (exact) mass is 484 g/mol. The lowest BCUT2D eigenvalue weighted by atomic mass is 9.94. The molecular weight excluding hydrogens is 464 g/mol. The second kappa shape index (κ2) is 8.19. The largest absolute Gasteiger partial charge is 0.508 e. The quantitative estimate of drug-likeness (QED) is 0.292. The van der Waals surface area contributed by atoms with Crippen molar-refractivity contribution >= 4 is 33.6 Å². The molecule has 160 valence electrons. The van der Waals surface area contributed by atoms with Gasteiger partial charge in [-0.05, 0) is 65.5 Å². The summed E-state index contributed by atoms with van der Waals surface area (Å²) in [5.41, 5.74) is 1.60. The Kier molecular flexibility index (Phi) is 5.58. The summed E-state index contributed by atoms with van der Waals surface area (Å²) in [6.45, 7) is 1.73. The molecule has 0 bridgehead atoms. The van der Waals surface area contributed by atoms with E-state index in [2.05, 4.69) is 21.2 Å². The van der Waals surface area contributed by atoms with E-state index in [-0.39, 0.29) is 23.4 Å². The van der Waals surface area contributed by atoms with Gasteiger partial charge in [0.05, 0.1) is 0 Å². The van der Waals surface area contributed by atoms with Crippen molar-refractivity contribution in [2.24, 2.45) is 0 Å². The number of phenolic OH excluding ortho intramolecular Hbond substituents is 1. The molecule has 0 aliphatic carbocycles. The van der Waals surface area contributed by atoms with E-state index in [0.717, 1.165) is 5.56 Å². The molecule has 31 heavy (non-hydrogen) atoms. The molecule has 2 unspecified atom stereocenters. The second-order valence-corrected chi connectivity index (χ2v) is 9.24. The van der Waals surface area contributed by atoms with Gasteiger partial charge >= 0.3 is 5.97 Å². The summed E-state index contributed by atoms with van der Waals surface area (Å²) in [5, 5.41) is 12.5. The predicted molar refractivity (Wildman–Crippen MR) is 116 cm³/mol. The molecule has 2 atom stereocenters. The lowest BCUT2D eigenvalue weighted by Crippen LogP contribution is -2.59. The zero-order valence-corrected chi connectivity index (χ0v) is 18.4. The molecule has 4 rings (SSSR count). The van der Waals surface area contributed by atoms with Crippen molar-refractivity contribution in [3.05, 3.63) is 77.2 Å². The normalized spacial score (nSPS) is 20.2. The SMILES string of the molecule is CC(Br)(NC(=O)c1ccccc1)N1C2=C(CCC1Cc1ccc(O)cc1)OC(=O)C2=O. The minimum absolute atomic E-state index is 0.166. The van der Waals surface area contributed by atoms with E-state index in [1.54, 1.807) is 48.2 Å². The Morgan fingerprint density at radius 3 is 2.55 bits per heavy atom. The molecule has 0 spiro atoms. The smallest absolute Gasteiger partial charge is 0.386 e. The number of nitrogens with one attached hydrogen (secondary N) is 1. The van der Waals surface area contributed by atoms with Gasteiger partial charge in [0.2, 0.25) is 0 Å². The Labute approximate surface area is 187 Å². The summed E-state index contributed by atoms with van der Waals surface area (Å²) in [6.07, 6.45) is 1.60. The lowest BCUT2D eigenvalue weighted by Gasteiger charge is -2.46. The van der Waals surface area contributed by atoms with E-state index in [9.17, 15) is 19.5 Å². The molecule has 0 radical (unpaired) electrons. The minimum atomic E-state index is -1.16. The number of Topliss-reactive ketones (excluding diaryl/α,β-unsaturated/α-hetero) is 1. The van der Waals surface area contributed by atoms with E-state index >= 15 is 0 Å². The number of hydrogen-bond acceptors (Lipinski definition) is 6. The summed E-state index contributed by atoms with van der Waals surface area (Å²) in [6, 6.07) is 15.4. The first-order chi connectivity index (χ1) is 14.8. The van der Waals surface area contributed by atoms with Gasteiger partial charge in [-0.15, -0.1) is 0 Å². The standard InChI is InChI=1S/C23H21BrN2O5/c1-23(24,25-21(29)15-5-3-2-4-6-15)26-16(13-14-7-10-17(27)11-8-14)9-12-18-19(26)20(28)22(30)31-18/h2-8,10-11,16,27H,9,12-13H2,1H3,(H,25,29). The predicted octanol–water partition coefficient (Wildman–Crippen LogP) is 3.24. The molecule has 8 heteroatoms. The van der Waals surface area contributed by atoms with Crippen LogP contribution >= 0.6 is 15.9 Å². The zero-order valence-electron chi connectivity index (χ0n) is 16.8. The van der Waals surface area contributed by atoms with E-state index in [0.29, 0.717) is 30.6 Å². The van der Waals surface area contributed by atoms with Crippen molar-refractivity contribution < 1.29 is 24.2 Å². The van der Waals surface area contributed by atoms with Crippen molar-refractivity contribution in [3.8, 4) is 5.75 Å². The third-order valence-corrected chi connectivity index (χ3v) is 6.01. The molecule has 2 aromatic carbocycles. The van der Waals surface area contributed by atoms with Crippen LogP contribution in [-0.2, 0) is 20.7 Å². The number of carbonyl (C=O) groups is 3. The highest BCUT2D eigenvalue weighted by Gasteiger charge is 2.49. The minimum Gasteiger partial charge on any atom is -0.508 e. The molecule has 2 heterocycles. The van der Waals surface area contributed by atoms with Crippen LogP contribution in [0.25, 0.3) is 0 Å². The molecule has 0 saturated carbocycles. The maximum atomic E-state index is 12.8. The second-order valence-electron chi connectivity index (χ2n) is 7.70. The fourth-order valence-corrected chi connectivity index (χ4v) is 4.68. The van der Waals surface area contributed by atoms with Gasteiger partial charge in [-0.3, -0.25) is 9.59 Å². The summed E-state index contributed by atoms with van der Waals surface area (Å²) in [7, 11) is 0. The molecule has 1 amide bonds. The Balaban J connectivity index is 1.67. The number of ketones is 1. The van der Waals surface area contributed by atoms with Gasteiger partial charge < -0.3 is 20.1 Å². The van der Waals surface area contributed by atoms with Gasteiger partial charge in [-0.25, -0.2) is 4.79 Å². The first-order valence-electron chi connectivity index (χ1n) is 9.89. The van der Waals surface area contributed by atoms with E-state index in [1.165, 1.54) is 0 Å². The zero-order chi connectivity index (χ0) is 22.2. The Morgan fingerprint density at radius 1 is 1.19 bits per heavy atom. The van der Waals surface area contributed by atoms with Gasteiger partial charge in [-0.2, -0.15) is 0 Å². The highest BCUT2D eigenvalue weighted by Crippen LogP contribution is 2.40. The number of hydrogen-bond donors (Lipinski definition) is 2. The number of phenols is 1. The number of ether oxygens (including phenoxy) is 1. The maximum Gasteiger partial charge on any atom is 0.386 e. The number of rotatable bonds is 5. The van der Waals surface area contributed by atoms with Crippen LogP contribution in [0, 0.1) is 0 Å². The highest BCUT2D eigenvalue weighted by atomic mass is 79.9. The van der Waals surface area contributed by atoms with Crippen LogP contribution in [0.4, 0.5) is 0 Å². The molecule has 0 saturated heterocycles. The number of carbonyl (C=O) groups excluding carboxylic acids is 3. The third kappa shape index (κ3) is 4.20. The number of nitrogens with zero attached hydrogens (tertiary/aromatic N) is 1. The topological polar surface area (TPSA) is 95.9 Å². The van der Waals surface area contributed by atoms with Crippen LogP contribution in [0.2, 0.25) is 0 Å². The summed E-state index contributed by atoms with van der Waals surface area (Å²) >= 11 is 3.59. The van der Waals surface area contributed by atoms with Crippen LogP contribution in [0.3, 0.4) is 0 Å². The highest BCUT2D eigenvalue weighted by molar-refractivity contribution is 9.10. The maximum absolute atomic E-state index is 12.8. The van der Waals surface area contributed by atoms with Crippen molar-refractivity contribution in [3.63, 3.8) is 0 Å². The molecule has 0 fully saturated rings. The molecule has 2 aromatic rings. The number of esters is 1. The molecule has 2 aliphatic heterocycles. The molecular formula is C23H21BrN2O5. The number of halogens is 1. The summed E-state index contributed by atoms with van der Waals surface area (Å²) in [5.74, 6) is -1.45. The van der Waals surface area contributed by atoms with Crippen molar-refractivity contribution in [2.75, 3.05) is 0 Å². The van der Waals surface area contributed by atoms with Crippen molar-refractivity contribution in [2.45, 2.75) is 36.8 Å². The van der Waals surface area contributed by atoms with Crippen LogP contribution in [-0.4, -0.2) is 38.3 Å². The van der Waals surface area contributed by atoms with Crippen LogP contribution < -0.4 is 5.32 Å². The van der Waals surface area contributed by atoms with Crippen molar-refractivity contribution in [1.82, 2.24) is 10.2 Å². The molecule has 2 aliphatic rings. The number of amides is 1. The van der Waals surface area contributed by atoms with E-state index in [4.69, 9.17) is 4.74 Å². The molecule has 2 N–H and O–H groups in total. The number of benzene rings is 2. The third-order valence-electron chi connectivity index (χ3n) is 5.43. The van der Waals surface area contributed by atoms with Crippen LogP contribution in [0.5, 0.6) is 5.75 Å². The van der Waals surface area contributed by atoms with Gasteiger partial charge in [0.15, 0.2) is 4.57 Å². The van der Waals surface area contributed by atoms with Gasteiger partial charge in [0.25, 0.3) is 11.7 Å². The summed E-state index contributed by atoms with van der Waals surface area (Å²) < 4.78 is 4.03. The molecule has 7 nitrogen and oxygen atoms in total. The van der Waals surface area contributed by atoms with Gasteiger partial charge in [0, 0.05) is 18.0 Å². The first kappa shape index (κ1) is 21.1. The average Bonchev–Trinajstić information content (AvgIpc) is 3.03. The fraction of sp³-hybridized carbons (Fsp3) is 0.261. The van der Waals surface area contributed by atoms with Gasteiger partial charge in [-0.1, -0.05) is 30.3 Å². The van der Waals surface area contributed by atoms with Gasteiger partial charge in [0.1, 0.15) is 17.2 Å². The van der Waals surface area contributed by atoms with E-state index < -0.39 is 16.3 Å². The lowest BCUT2D eigenvalue weighted by molar-refractivity contribution is -0.146. The Hall–Kier alpha value is -3.13. The average molecular weight is 485 g/mol. The number of allylic oxidation sites excluding steroid dienone is 1. The first-order valence-corrected chi connectivity index (χ1v) is 10.7. The fourth-order valence-electron chi connectivity index (χ4n) is 4.03. The number of alkyl halides is 1. The van der Waals surface area contributed by atoms with Crippen molar-refractivity contribution in [1.29, 1.82) is 0 Å². The Morgan fingerprint density at radius 2 is 1.87 bits per heavy atom. The number of aromatic hydroxyl groups is 1. The van der Waals surface area contributed by atoms with Crippen LogP contribution in [0.15, 0.2) is 66.1 Å². The van der Waals surface area contributed by atoms with E-state index in [1.807, 2.05) is 18.2 Å². The molecule has 0 aromatic heterocycles. The summed E-state index contributed by atoms with van der Waals surface area (Å²) in [4.78, 5) is 39.2. The Bertz CT molecular complexity index is 1060. The van der Waals surface area contributed by atoms with Crippen LogP contribution in [0.1, 0.15) is 35.7 Å².